The molecule has 4 heteroatoms. The predicted octanol–water partition coefficient (Wildman–Crippen LogP) is 3.45. The zero-order chi connectivity index (χ0) is 13.3. The molecule has 1 fully saturated rings. The second-order valence-electron chi connectivity index (χ2n) is 5.00. The number of benzene rings is 1. The van der Waals surface area contributed by atoms with E-state index in [1.54, 1.807) is 6.92 Å². The van der Waals surface area contributed by atoms with Gasteiger partial charge < -0.3 is 9.84 Å². The maximum Gasteiger partial charge on any atom is 0.306 e. The summed E-state index contributed by atoms with van der Waals surface area (Å²) in [5.74, 6) is -0.577. The zero-order valence-electron chi connectivity index (χ0n) is 10.6. The van der Waals surface area contributed by atoms with Gasteiger partial charge in [-0.2, -0.15) is 0 Å². The largest absolute Gasteiger partial charge is 0.489 e. The molecule has 98 valence electrons. The molecule has 1 unspecified atom stereocenters. The van der Waals surface area contributed by atoms with Gasteiger partial charge in [0, 0.05) is 0 Å². The number of rotatable bonds is 5. The summed E-state index contributed by atoms with van der Waals surface area (Å²) in [6.07, 6.45) is 2.80. The first-order chi connectivity index (χ1) is 8.47. The Hall–Kier alpha value is -1.22. The van der Waals surface area contributed by atoms with Crippen LogP contribution in [0.25, 0.3) is 0 Å². The maximum absolute atomic E-state index is 10.9. The van der Waals surface area contributed by atoms with Gasteiger partial charge in [-0.3, -0.25) is 4.79 Å². The summed E-state index contributed by atoms with van der Waals surface area (Å²) < 4.78 is 5.80. The Kier molecular flexibility index (Phi) is 3.81. The molecule has 1 saturated carbocycles. The van der Waals surface area contributed by atoms with Crippen molar-refractivity contribution < 1.29 is 14.6 Å². The Morgan fingerprint density at radius 1 is 1.56 bits per heavy atom. The van der Waals surface area contributed by atoms with E-state index in [1.165, 1.54) is 0 Å². The highest BCUT2D eigenvalue weighted by atomic mass is 35.5. The van der Waals surface area contributed by atoms with E-state index < -0.39 is 11.9 Å². The van der Waals surface area contributed by atoms with Gasteiger partial charge in [-0.05, 0) is 43.4 Å². The summed E-state index contributed by atoms with van der Waals surface area (Å²) in [4.78, 5) is 10.9. The molecule has 1 aliphatic rings. The summed E-state index contributed by atoms with van der Waals surface area (Å²) in [5.41, 5.74) is 1.91. The van der Waals surface area contributed by atoms with Crippen molar-refractivity contribution in [2.45, 2.75) is 39.2 Å². The van der Waals surface area contributed by atoms with Crippen molar-refractivity contribution >= 4 is 17.6 Å². The number of halogens is 1. The summed E-state index contributed by atoms with van der Waals surface area (Å²) in [7, 11) is 0. The second kappa shape index (κ2) is 5.19. The van der Waals surface area contributed by atoms with Gasteiger partial charge in [-0.1, -0.05) is 24.6 Å². The second-order valence-corrected chi connectivity index (χ2v) is 5.40. The highest BCUT2D eigenvalue weighted by Gasteiger charge is 2.26. The molecule has 1 aromatic rings. The van der Waals surface area contributed by atoms with Crippen LogP contribution in [0.4, 0.5) is 0 Å². The van der Waals surface area contributed by atoms with Crippen molar-refractivity contribution in [3.8, 4) is 5.75 Å². The minimum atomic E-state index is -0.801. The number of carboxylic acid groups (broad SMARTS) is 1. The molecule has 18 heavy (non-hydrogen) atoms. The monoisotopic (exact) mass is 268 g/mol. The average molecular weight is 269 g/mol. The summed E-state index contributed by atoms with van der Waals surface area (Å²) in [5, 5.41) is 9.57. The molecule has 0 aliphatic heterocycles. The van der Waals surface area contributed by atoms with E-state index in [9.17, 15) is 4.79 Å². The molecule has 0 radical (unpaired) electrons. The first kappa shape index (κ1) is 13.2. The van der Waals surface area contributed by atoms with Crippen LogP contribution in [0.15, 0.2) is 12.1 Å². The van der Waals surface area contributed by atoms with Gasteiger partial charge in [0.1, 0.15) is 5.75 Å². The number of carbonyl (C=O) groups is 1. The molecule has 1 atom stereocenters. The van der Waals surface area contributed by atoms with Crippen LogP contribution in [0.5, 0.6) is 5.75 Å². The number of hydrogen-bond acceptors (Lipinski definition) is 2. The van der Waals surface area contributed by atoms with Gasteiger partial charge in [-0.15, -0.1) is 0 Å². The molecule has 3 nitrogen and oxygen atoms in total. The van der Waals surface area contributed by atoms with E-state index >= 15 is 0 Å². The van der Waals surface area contributed by atoms with E-state index in [-0.39, 0.29) is 6.10 Å². The van der Waals surface area contributed by atoms with E-state index in [0.29, 0.717) is 17.2 Å². The number of carboxylic acids is 1. The molecule has 0 spiro atoms. The minimum Gasteiger partial charge on any atom is -0.489 e. The lowest BCUT2D eigenvalue weighted by molar-refractivity contribution is -0.141. The highest BCUT2D eigenvalue weighted by Crippen LogP contribution is 2.36. The Bertz CT molecular complexity index is 466. The van der Waals surface area contributed by atoms with Gasteiger partial charge in [-0.25, -0.2) is 0 Å². The quantitative estimate of drug-likeness (QED) is 0.890. The van der Waals surface area contributed by atoms with Crippen molar-refractivity contribution in [3.05, 3.63) is 28.3 Å². The first-order valence-electron chi connectivity index (χ1n) is 6.16. The third kappa shape index (κ3) is 3.16. The fourth-order valence-corrected chi connectivity index (χ4v) is 2.19. The van der Waals surface area contributed by atoms with E-state index in [0.717, 1.165) is 24.0 Å². The lowest BCUT2D eigenvalue weighted by atomic mass is 9.99. The Balaban J connectivity index is 2.27. The number of ether oxygens (including phenoxy) is 1. The van der Waals surface area contributed by atoms with E-state index in [4.69, 9.17) is 21.4 Å². The van der Waals surface area contributed by atoms with Gasteiger partial charge in [0.2, 0.25) is 0 Å². The standard InChI is InChI=1S/C14H17ClO3/c1-8-5-10(7-9(2)14(16)17)13(12(15)6-8)18-11-3-4-11/h5-6,9,11H,3-4,7H2,1-2H3,(H,16,17). The highest BCUT2D eigenvalue weighted by molar-refractivity contribution is 6.32. The van der Waals surface area contributed by atoms with Crippen LogP contribution in [0, 0.1) is 12.8 Å². The molecule has 0 amide bonds. The van der Waals surface area contributed by atoms with Crippen LogP contribution < -0.4 is 4.74 Å². The molecule has 1 aliphatic carbocycles. The number of aliphatic carboxylic acids is 1. The Labute approximate surface area is 112 Å². The van der Waals surface area contributed by atoms with Crippen LogP contribution in [0.1, 0.15) is 30.9 Å². The van der Waals surface area contributed by atoms with Crippen molar-refractivity contribution in [1.29, 1.82) is 0 Å². The smallest absolute Gasteiger partial charge is 0.306 e. The molecule has 0 bridgehead atoms. The van der Waals surface area contributed by atoms with Crippen LogP contribution in [-0.2, 0) is 11.2 Å². The predicted molar refractivity (Wildman–Crippen MR) is 70.3 cm³/mol. The van der Waals surface area contributed by atoms with Gasteiger partial charge in [0.05, 0.1) is 17.0 Å². The maximum atomic E-state index is 10.9. The molecular formula is C14H17ClO3. The van der Waals surface area contributed by atoms with Gasteiger partial charge >= 0.3 is 5.97 Å². The third-order valence-electron chi connectivity index (χ3n) is 3.02. The molecule has 0 aromatic heterocycles. The van der Waals surface area contributed by atoms with Crippen LogP contribution in [-0.4, -0.2) is 17.2 Å². The zero-order valence-corrected chi connectivity index (χ0v) is 11.3. The first-order valence-corrected chi connectivity index (χ1v) is 6.53. The summed E-state index contributed by atoms with van der Waals surface area (Å²) in [6, 6.07) is 3.82. The van der Waals surface area contributed by atoms with Crippen LogP contribution in [0.3, 0.4) is 0 Å². The summed E-state index contributed by atoms with van der Waals surface area (Å²) in [6.45, 7) is 3.64. The number of aryl methyl sites for hydroxylation is 1. The third-order valence-corrected chi connectivity index (χ3v) is 3.30. The molecule has 1 N–H and O–H groups in total. The normalized spacial score (nSPS) is 16.4. The topological polar surface area (TPSA) is 46.5 Å². The number of hydrogen-bond donors (Lipinski definition) is 1. The molecule has 0 heterocycles. The SMILES string of the molecule is Cc1cc(Cl)c(OC2CC2)c(CC(C)C(=O)O)c1. The molecule has 0 saturated heterocycles. The van der Waals surface area contributed by atoms with Crippen molar-refractivity contribution in [3.63, 3.8) is 0 Å². The van der Waals surface area contributed by atoms with Crippen molar-refractivity contribution in [1.82, 2.24) is 0 Å². The van der Waals surface area contributed by atoms with E-state index in [1.807, 2.05) is 19.1 Å². The lowest BCUT2D eigenvalue weighted by Gasteiger charge is -2.15. The lowest BCUT2D eigenvalue weighted by Crippen LogP contribution is -2.13. The Morgan fingerprint density at radius 2 is 2.22 bits per heavy atom. The van der Waals surface area contributed by atoms with Crippen LogP contribution in [0.2, 0.25) is 5.02 Å². The molecule has 1 aromatic carbocycles. The van der Waals surface area contributed by atoms with Crippen LogP contribution >= 0.6 is 11.6 Å². The van der Waals surface area contributed by atoms with Gasteiger partial charge in [0.25, 0.3) is 0 Å². The fraction of sp³-hybridized carbons (Fsp3) is 0.500. The van der Waals surface area contributed by atoms with Crippen molar-refractivity contribution in [2.24, 2.45) is 5.92 Å². The summed E-state index contributed by atoms with van der Waals surface area (Å²) >= 11 is 6.20. The molecular weight excluding hydrogens is 252 g/mol. The average Bonchev–Trinajstić information content (AvgIpc) is 3.06. The van der Waals surface area contributed by atoms with Crippen molar-refractivity contribution in [2.75, 3.05) is 0 Å². The minimum absolute atomic E-state index is 0.254. The van der Waals surface area contributed by atoms with Gasteiger partial charge in [0.15, 0.2) is 0 Å². The fourth-order valence-electron chi connectivity index (χ4n) is 1.85. The Morgan fingerprint density at radius 3 is 2.78 bits per heavy atom. The van der Waals surface area contributed by atoms with E-state index in [2.05, 4.69) is 0 Å². The molecule has 2 rings (SSSR count).